The van der Waals surface area contributed by atoms with Crippen LogP contribution in [0, 0.1) is 12.7 Å². The molecule has 21 heavy (non-hydrogen) atoms. The van der Waals surface area contributed by atoms with Gasteiger partial charge in [0.1, 0.15) is 5.82 Å². The van der Waals surface area contributed by atoms with Crippen molar-refractivity contribution < 1.29 is 9.18 Å². The number of carbonyl (C=O) groups is 1. The molecule has 0 heterocycles. The number of carbonyl (C=O) groups excluding carboxylic acids is 1. The number of halogens is 1. The number of rotatable bonds is 4. The smallest absolute Gasteiger partial charge is 0.255 e. The highest BCUT2D eigenvalue weighted by molar-refractivity contribution is 6.04. The molecule has 0 spiro atoms. The van der Waals surface area contributed by atoms with Crippen molar-refractivity contribution in [3.8, 4) is 0 Å². The van der Waals surface area contributed by atoms with Crippen LogP contribution in [0.4, 0.5) is 10.1 Å². The van der Waals surface area contributed by atoms with Crippen molar-refractivity contribution in [3.05, 3.63) is 65.0 Å². The predicted molar refractivity (Wildman–Crippen MR) is 83.0 cm³/mol. The Bertz CT molecular complexity index is 638. The number of anilines is 1. The van der Waals surface area contributed by atoms with Gasteiger partial charge in [-0.3, -0.25) is 4.79 Å². The van der Waals surface area contributed by atoms with Crippen molar-refractivity contribution in [1.82, 2.24) is 5.32 Å². The third-order valence-electron chi connectivity index (χ3n) is 3.52. The van der Waals surface area contributed by atoms with E-state index in [9.17, 15) is 9.18 Å². The molecule has 4 heteroatoms. The monoisotopic (exact) mass is 286 g/mol. The zero-order valence-electron chi connectivity index (χ0n) is 12.4. The topological polar surface area (TPSA) is 41.1 Å². The minimum absolute atomic E-state index is 0.243. The van der Waals surface area contributed by atoms with E-state index in [1.807, 2.05) is 31.3 Å². The molecule has 1 amide bonds. The molecule has 0 saturated carbocycles. The Morgan fingerprint density at radius 3 is 2.38 bits per heavy atom. The van der Waals surface area contributed by atoms with Gasteiger partial charge in [-0.15, -0.1) is 0 Å². The number of hydrogen-bond donors (Lipinski definition) is 2. The van der Waals surface area contributed by atoms with Gasteiger partial charge < -0.3 is 10.6 Å². The van der Waals surface area contributed by atoms with E-state index >= 15 is 0 Å². The largest absolute Gasteiger partial charge is 0.322 e. The Morgan fingerprint density at radius 1 is 1.14 bits per heavy atom. The van der Waals surface area contributed by atoms with E-state index in [0.29, 0.717) is 16.8 Å². The molecule has 0 aromatic heterocycles. The SMILES string of the molecule is CNC(C)c1ccc(NC(=O)c2ccc(F)c(C)c2)cc1. The van der Waals surface area contributed by atoms with Crippen LogP contribution in [0.15, 0.2) is 42.5 Å². The average Bonchev–Trinajstić information content (AvgIpc) is 2.50. The maximum Gasteiger partial charge on any atom is 0.255 e. The first-order chi connectivity index (χ1) is 10.0. The van der Waals surface area contributed by atoms with Gasteiger partial charge in [0.25, 0.3) is 5.91 Å². The summed E-state index contributed by atoms with van der Waals surface area (Å²) in [6.45, 7) is 3.70. The van der Waals surface area contributed by atoms with E-state index in [2.05, 4.69) is 17.6 Å². The maximum atomic E-state index is 13.2. The van der Waals surface area contributed by atoms with E-state index < -0.39 is 0 Å². The number of amides is 1. The molecule has 2 aromatic rings. The van der Waals surface area contributed by atoms with E-state index in [1.165, 1.54) is 12.1 Å². The number of aryl methyl sites for hydroxylation is 1. The quantitative estimate of drug-likeness (QED) is 0.900. The van der Waals surface area contributed by atoms with Gasteiger partial charge in [-0.25, -0.2) is 4.39 Å². The third-order valence-corrected chi connectivity index (χ3v) is 3.52. The fourth-order valence-corrected chi connectivity index (χ4v) is 2.01. The maximum absolute atomic E-state index is 13.2. The second kappa shape index (κ2) is 6.50. The molecule has 0 aliphatic heterocycles. The lowest BCUT2D eigenvalue weighted by molar-refractivity contribution is 0.102. The summed E-state index contributed by atoms with van der Waals surface area (Å²) < 4.78 is 13.2. The van der Waals surface area contributed by atoms with Crippen molar-refractivity contribution in [2.24, 2.45) is 0 Å². The highest BCUT2D eigenvalue weighted by Gasteiger charge is 2.09. The standard InChI is InChI=1S/C17H19FN2O/c1-11-10-14(6-9-16(11)18)17(21)20-15-7-4-13(5-8-15)12(2)19-3/h4-10,12,19H,1-3H3,(H,20,21). The summed E-state index contributed by atoms with van der Waals surface area (Å²) in [4.78, 5) is 12.1. The Kier molecular flexibility index (Phi) is 4.70. The summed E-state index contributed by atoms with van der Waals surface area (Å²) in [5, 5.41) is 5.96. The molecule has 2 N–H and O–H groups in total. The molecular weight excluding hydrogens is 267 g/mol. The third kappa shape index (κ3) is 3.67. The molecule has 110 valence electrons. The highest BCUT2D eigenvalue weighted by Crippen LogP contribution is 2.17. The first-order valence-corrected chi connectivity index (χ1v) is 6.86. The van der Waals surface area contributed by atoms with Crippen LogP contribution in [0.1, 0.15) is 34.5 Å². The van der Waals surface area contributed by atoms with Gasteiger partial charge in [0, 0.05) is 17.3 Å². The van der Waals surface area contributed by atoms with Gasteiger partial charge in [-0.2, -0.15) is 0 Å². The van der Waals surface area contributed by atoms with Gasteiger partial charge in [0.2, 0.25) is 0 Å². The van der Waals surface area contributed by atoms with Gasteiger partial charge in [-0.05, 0) is 62.4 Å². The minimum Gasteiger partial charge on any atom is -0.322 e. The van der Waals surface area contributed by atoms with Crippen LogP contribution in [0.2, 0.25) is 0 Å². The Balaban J connectivity index is 2.10. The summed E-state index contributed by atoms with van der Waals surface area (Å²) in [6.07, 6.45) is 0. The van der Waals surface area contributed by atoms with Crippen molar-refractivity contribution in [3.63, 3.8) is 0 Å². The number of benzene rings is 2. The summed E-state index contributed by atoms with van der Waals surface area (Å²) in [7, 11) is 1.90. The normalized spacial score (nSPS) is 12.0. The van der Waals surface area contributed by atoms with Crippen molar-refractivity contribution >= 4 is 11.6 Å². The second-order valence-electron chi connectivity index (χ2n) is 5.05. The van der Waals surface area contributed by atoms with Crippen LogP contribution < -0.4 is 10.6 Å². The second-order valence-corrected chi connectivity index (χ2v) is 5.05. The van der Waals surface area contributed by atoms with Crippen molar-refractivity contribution in [2.75, 3.05) is 12.4 Å². The molecular formula is C17H19FN2O. The molecule has 1 atom stereocenters. The van der Waals surface area contributed by atoms with Crippen molar-refractivity contribution in [2.45, 2.75) is 19.9 Å². The zero-order valence-corrected chi connectivity index (χ0v) is 12.4. The fraction of sp³-hybridized carbons (Fsp3) is 0.235. The van der Waals surface area contributed by atoms with Gasteiger partial charge >= 0.3 is 0 Å². The summed E-state index contributed by atoms with van der Waals surface area (Å²) in [6, 6.07) is 12.2. The van der Waals surface area contributed by atoms with Crippen molar-refractivity contribution in [1.29, 1.82) is 0 Å². The van der Waals surface area contributed by atoms with Gasteiger partial charge in [0.15, 0.2) is 0 Å². The lowest BCUT2D eigenvalue weighted by Gasteiger charge is -2.12. The van der Waals surface area contributed by atoms with E-state index in [1.54, 1.807) is 13.0 Å². The van der Waals surface area contributed by atoms with Crippen LogP contribution >= 0.6 is 0 Å². The molecule has 0 saturated heterocycles. The lowest BCUT2D eigenvalue weighted by atomic mass is 10.1. The minimum atomic E-state index is -0.308. The predicted octanol–water partition coefficient (Wildman–Crippen LogP) is 3.67. The number of hydrogen-bond acceptors (Lipinski definition) is 2. The first-order valence-electron chi connectivity index (χ1n) is 6.86. The van der Waals surface area contributed by atoms with Gasteiger partial charge in [-0.1, -0.05) is 12.1 Å². The Hall–Kier alpha value is -2.20. The average molecular weight is 286 g/mol. The van der Waals surface area contributed by atoms with E-state index in [0.717, 1.165) is 5.56 Å². The van der Waals surface area contributed by atoms with Crippen LogP contribution in [0.3, 0.4) is 0 Å². The van der Waals surface area contributed by atoms with Crippen LogP contribution in [0.5, 0.6) is 0 Å². The fourth-order valence-electron chi connectivity index (χ4n) is 2.01. The van der Waals surface area contributed by atoms with Gasteiger partial charge in [0.05, 0.1) is 0 Å². The lowest BCUT2D eigenvalue weighted by Crippen LogP contribution is -2.14. The highest BCUT2D eigenvalue weighted by atomic mass is 19.1. The molecule has 0 aliphatic carbocycles. The molecule has 3 nitrogen and oxygen atoms in total. The molecule has 0 bridgehead atoms. The summed E-state index contributed by atoms with van der Waals surface area (Å²) in [5.41, 5.74) is 2.77. The molecule has 2 rings (SSSR count). The first kappa shape index (κ1) is 15.2. The summed E-state index contributed by atoms with van der Waals surface area (Å²) in [5.74, 6) is -0.551. The zero-order chi connectivity index (χ0) is 15.4. The molecule has 0 aliphatic rings. The summed E-state index contributed by atoms with van der Waals surface area (Å²) >= 11 is 0. The van der Waals surface area contributed by atoms with Crippen LogP contribution in [-0.4, -0.2) is 13.0 Å². The molecule has 1 unspecified atom stereocenters. The van der Waals surface area contributed by atoms with Crippen LogP contribution in [0.25, 0.3) is 0 Å². The molecule has 2 aromatic carbocycles. The van der Waals surface area contributed by atoms with E-state index in [-0.39, 0.29) is 17.8 Å². The Morgan fingerprint density at radius 2 is 1.81 bits per heavy atom. The number of nitrogens with one attached hydrogen (secondary N) is 2. The molecule has 0 fully saturated rings. The van der Waals surface area contributed by atoms with E-state index in [4.69, 9.17) is 0 Å². The molecule has 0 radical (unpaired) electrons. The Labute approximate surface area is 124 Å². The van der Waals surface area contributed by atoms with Crippen LogP contribution in [-0.2, 0) is 0 Å².